The van der Waals surface area contributed by atoms with Crippen molar-refractivity contribution in [3.63, 3.8) is 0 Å². The van der Waals surface area contributed by atoms with Crippen LogP contribution >= 0.6 is 0 Å². The van der Waals surface area contributed by atoms with Crippen LogP contribution in [0.3, 0.4) is 0 Å². The van der Waals surface area contributed by atoms with Crippen LogP contribution in [0.1, 0.15) is 0 Å². The number of nitrogens with zero attached hydrogens (tertiary/aromatic N) is 3. The first kappa shape index (κ1) is 6.39. The summed E-state index contributed by atoms with van der Waals surface area (Å²) in [6, 6.07) is 1.84. The van der Waals surface area contributed by atoms with E-state index in [-0.39, 0.29) is 0 Å². The first-order valence-electron chi connectivity index (χ1n) is 3.51. The first-order valence-corrected chi connectivity index (χ1v) is 3.51. The summed E-state index contributed by atoms with van der Waals surface area (Å²) in [6.45, 7) is 2.19. The van der Waals surface area contributed by atoms with Gasteiger partial charge in [-0.3, -0.25) is 0 Å². The molecular weight excluding hydrogens is 142 g/mol. The molecule has 0 spiro atoms. The van der Waals surface area contributed by atoms with Gasteiger partial charge in [0.05, 0.1) is 7.11 Å². The average molecular weight is 151 g/mol. The SMILES string of the molecule is COc1cc(N2CC2)ncn1. The Balaban J connectivity index is 2.26. The molecule has 11 heavy (non-hydrogen) atoms. The van der Waals surface area contributed by atoms with Crippen molar-refractivity contribution in [3.8, 4) is 5.88 Å². The molecule has 0 atom stereocenters. The Morgan fingerprint density at radius 2 is 2.27 bits per heavy atom. The van der Waals surface area contributed by atoms with Crippen LogP contribution in [0.4, 0.5) is 5.82 Å². The van der Waals surface area contributed by atoms with E-state index in [0.29, 0.717) is 5.88 Å². The van der Waals surface area contributed by atoms with Crippen molar-refractivity contribution in [1.29, 1.82) is 0 Å². The fourth-order valence-corrected chi connectivity index (χ4v) is 0.894. The smallest absolute Gasteiger partial charge is 0.218 e. The summed E-state index contributed by atoms with van der Waals surface area (Å²) in [5.41, 5.74) is 0. The van der Waals surface area contributed by atoms with E-state index in [1.54, 1.807) is 7.11 Å². The summed E-state index contributed by atoms with van der Waals surface area (Å²) in [4.78, 5) is 10.1. The molecule has 0 radical (unpaired) electrons. The Bertz CT molecular complexity index is 260. The van der Waals surface area contributed by atoms with Gasteiger partial charge in [-0.2, -0.15) is 0 Å². The van der Waals surface area contributed by atoms with Crippen molar-refractivity contribution >= 4 is 5.82 Å². The Morgan fingerprint density at radius 1 is 1.45 bits per heavy atom. The predicted molar refractivity (Wildman–Crippen MR) is 40.8 cm³/mol. The molecule has 1 saturated heterocycles. The van der Waals surface area contributed by atoms with Crippen molar-refractivity contribution < 1.29 is 4.74 Å². The first-order chi connectivity index (χ1) is 5.40. The zero-order valence-corrected chi connectivity index (χ0v) is 6.32. The third-order valence-electron chi connectivity index (χ3n) is 1.61. The van der Waals surface area contributed by atoms with Crippen LogP contribution in [0.2, 0.25) is 0 Å². The Morgan fingerprint density at radius 3 is 2.91 bits per heavy atom. The maximum Gasteiger partial charge on any atom is 0.218 e. The van der Waals surface area contributed by atoms with Crippen molar-refractivity contribution in [2.45, 2.75) is 0 Å². The van der Waals surface area contributed by atoms with E-state index < -0.39 is 0 Å². The fraction of sp³-hybridized carbons (Fsp3) is 0.429. The largest absolute Gasteiger partial charge is 0.481 e. The molecule has 58 valence electrons. The Kier molecular flexibility index (Phi) is 1.38. The molecule has 4 heteroatoms. The number of anilines is 1. The maximum absolute atomic E-state index is 4.96. The van der Waals surface area contributed by atoms with Gasteiger partial charge in [-0.25, -0.2) is 9.97 Å². The lowest BCUT2D eigenvalue weighted by atomic mass is 10.5. The van der Waals surface area contributed by atoms with Gasteiger partial charge in [0, 0.05) is 19.2 Å². The van der Waals surface area contributed by atoms with Crippen molar-refractivity contribution in [1.82, 2.24) is 9.97 Å². The normalized spacial score (nSPS) is 14.8. The van der Waals surface area contributed by atoms with Gasteiger partial charge in [0.1, 0.15) is 12.1 Å². The van der Waals surface area contributed by atoms with E-state index in [9.17, 15) is 0 Å². The zero-order chi connectivity index (χ0) is 7.68. The van der Waals surface area contributed by atoms with E-state index in [1.807, 2.05) is 6.07 Å². The van der Waals surface area contributed by atoms with Crippen LogP contribution in [0.25, 0.3) is 0 Å². The van der Waals surface area contributed by atoms with Gasteiger partial charge >= 0.3 is 0 Å². The van der Waals surface area contributed by atoms with Crippen LogP contribution in [0.15, 0.2) is 12.4 Å². The highest BCUT2D eigenvalue weighted by Gasteiger charge is 2.19. The van der Waals surface area contributed by atoms with Crippen molar-refractivity contribution in [3.05, 3.63) is 12.4 Å². The third kappa shape index (κ3) is 1.24. The summed E-state index contributed by atoms with van der Waals surface area (Å²) in [6.07, 6.45) is 1.52. The predicted octanol–water partition coefficient (Wildman–Crippen LogP) is 0.305. The highest BCUT2D eigenvalue weighted by Crippen LogP contribution is 2.20. The van der Waals surface area contributed by atoms with Crippen LogP contribution in [-0.4, -0.2) is 30.2 Å². The molecule has 0 bridgehead atoms. The minimum absolute atomic E-state index is 0.627. The molecule has 0 aliphatic carbocycles. The van der Waals surface area contributed by atoms with E-state index in [0.717, 1.165) is 18.9 Å². The molecule has 1 aliphatic heterocycles. The fourth-order valence-electron chi connectivity index (χ4n) is 0.894. The molecule has 1 aliphatic rings. The quantitative estimate of drug-likeness (QED) is 0.570. The molecule has 2 heterocycles. The van der Waals surface area contributed by atoms with Gasteiger partial charge in [-0.15, -0.1) is 0 Å². The Labute approximate surface area is 64.8 Å². The van der Waals surface area contributed by atoms with Gasteiger partial charge in [0.25, 0.3) is 0 Å². The maximum atomic E-state index is 4.96. The number of methoxy groups -OCH3 is 1. The van der Waals surface area contributed by atoms with Gasteiger partial charge in [-0.05, 0) is 0 Å². The zero-order valence-electron chi connectivity index (χ0n) is 6.32. The van der Waals surface area contributed by atoms with E-state index in [4.69, 9.17) is 4.74 Å². The highest BCUT2D eigenvalue weighted by atomic mass is 16.5. The molecule has 1 aromatic rings. The number of ether oxygens (including phenoxy) is 1. The lowest BCUT2D eigenvalue weighted by molar-refractivity contribution is 0.397. The minimum atomic E-state index is 0.627. The summed E-state index contributed by atoms with van der Waals surface area (Å²) < 4.78 is 4.96. The highest BCUT2D eigenvalue weighted by molar-refractivity contribution is 5.45. The lowest BCUT2D eigenvalue weighted by Crippen LogP contribution is -1.96. The van der Waals surface area contributed by atoms with Gasteiger partial charge < -0.3 is 9.64 Å². The second kappa shape index (κ2) is 2.38. The summed E-state index contributed by atoms with van der Waals surface area (Å²) >= 11 is 0. The molecular formula is C7H9N3O. The number of hydrogen-bond donors (Lipinski definition) is 0. The number of rotatable bonds is 2. The van der Waals surface area contributed by atoms with Gasteiger partial charge in [0.15, 0.2) is 0 Å². The van der Waals surface area contributed by atoms with E-state index in [2.05, 4.69) is 14.9 Å². The average Bonchev–Trinajstić information content (AvgIpc) is 2.87. The summed E-state index contributed by atoms with van der Waals surface area (Å²) in [5.74, 6) is 1.58. The molecule has 0 N–H and O–H groups in total. The molecule has 0 aromatic carbocycles. The molecule has 0 unspecified atom stereocenters. The summed E-state index contributed by atoms with van der Waals surface area (Å²) in [5, 5.41) is 0. The second-order valence-electron chi connectivity index (χ2n) is 2.41. The topological polar surface area (TPSA) is 38.0 Å². The number of aromatic nitrogens is 2. The van der Waals surface area contributed by atoms with Gasteiger partial charge in [-0.1, -0.05) is 0 Å². The van der Waals surface area contributed by atoms with Crippen LogP contribution in [0, 0.1) is 0 Å². The monoisotopic (exact) mass is 151 g/mol. The molecule has 1 aromatic heterocycles. The molecule has 2 rings (SSSR count). The standard InChI is InChI=1S/C7H9N3O/c1-11-7-4-6(8-5-9-7)10-2-3-10/h4-5H,2-3H2,1H3. The van der Waals surface area contributed by atoms with Crippen molar-refractivity contribution in [2.24, 2.45) is 0 Å². The van der Waals surface area contributed by atoms with E-state index >= 15 is 0 Å². The molecule has 1 fully saturated rings. The van der Waals surface area contributed by atoms with Crippen LogP contribution in [-0.2, 0) is 0 Å². The Hall–Kier alpha value is -1.32. The second-order valence-corrected chi connectivity index (χ2v) is 2.41. The van der Waals surface area contributed by atoms with Gasteiger partial charge in [0.2, 0.25) is 5.88 Å². The number of hydrogen-bond acceptors (Lipinski definition) is 4. The van der Waals surface area contributed by atoms with Crippen molar-refractivity contribution in [2.75, 3.05) is 25.1 Å². The summed E-state index contributed by atoms with van der Waals surface area (Å²) in [7, 11) is 1.61. The minimum Gasteiger partial charge on any atom is -0.481 e. The van der Waals surface area contributed by atoms with E-state index in [1.165, 1.54) is 6.33 Å². The lowest BCUT2D eigenvalue weighted by Gasteiger charge is -2.01. The van der Waals surface area contributed by atoms with Crippen LogP contribution in [0.5, 0.6) is 5.88 Å². The molecule has 4 nitrogen and oxygen atoms in total. The van der Waals surface area contributed by atoms with Crippen LogP contribution < -0.4 is 9.64 Å². The molecule has 0 saturated carbocycles. The third-order valence-corrected chi connectivity index (χ3v) is 1.61. The molecule has 0 amide bonds.